The first-order valence-corrected chi connectivity index (χ1v) is 18.1. The standard InChI is InChI=1S/C36H67NO6/c1-3-5-7-9-11-13-15-16-18-19-21-23-25-27-33(38)32(37-34(39)29-30-35(40)41)31-43-36(42)28-26-24-22-20-17-14-12-10-8-6-4-2/h32H,3-31H2,1-2H3,(H,37,39)(H,40,41)/t32-/m0/s1. The lowest BCUT2D eigenvalue weighted by Gasteiger charge is -2.18. The van der Waals surface area contributed by atoms with E-state index in [0.29, 0.717) is 12.8 Å². The smallest absolute Gasteiger partial charge is 0.305 e. The van der Waals surface area contributed by atoms with E-state index >= 15 is 0 Å². The summed E-state index contributed by atoms with van der Waals surface area (Å²) >= 11 is 0. The third-order valence-corrected chi connectivity index (χ3v) is 8.21. The zero-order chi connectivity index (χ0) is 31.8. The lowest BCUT2D eigenvalue weighted by molar-refractivity contribution is -0.146. The van der Waals surface area contributed by atoms with E-state index in [1.54, 1.807) is 0 Å². The Balaban J connectivity index is 4.16. The van der Waals surface area contributed by atoms with Gasteiger partial charge in [-0.15, -0.1) is 0 Å². The largest absolute Gasteiger partial charge is 0.481 e. The number of unbranched alkanes of at least 4 members (excludes halogenated alkanes) is 22. The van der Waals surface area contributed by atoms with Gasteiger partial charge in [0.25, 0.3) is 0 Å². The fourth-order valence-electron chi connectivity index (χ4n) is 5.38. The first kappa shape index (κ1) is 41.1. The molecule has 7 nitrogen and oxygen atoms in total. The SMILES string of the molecule is CCCCCCCCCCCCCCCC(=O)[C@H](COC(=O)CCCCCCCCCCCCC)NC(=O)CCC(=O)O. The van der Waals surface area contributed by atoms with Crippen LogP contribution < -0.4 is 5.32 Å². The molecule has 7 heteroatoms. The number of ether oxygens (including phenoxy) is 1. The molecule has 0 aliphatic heterocycles. The molecule has 0 radical (unpaired) electrons. The van der Waals surface area contributed by atoms with E-state index in [2.05, 4.69) is 19.2 Å². The summed E-state index contributed by atoms with van der Waals surface area (Å²) in [5, 5.41) is 11.5. The van der Waals surface area contributed by atoms with Crippen molar-refractivity contribution >= 4 is 23.6 Å². The molecule has 0 unspecified atom stereocenters. The van der Waals surface area contributed by atoms with Gasteiger partial charge in [0.05, 0.1) is 6.42 Å². The Morgan fingerprint density at radius 1 is 0.512 bits per heavy atom. The minimum Gasteiger partial charge on any atom is -0.481 e. The van der Waals surface area contributed by atoms with Crippen molar-refractivity contribution in [3.63, 3.8) is 0 Å². The van der Waals surface area contributed by atoms with Crippen LogP contribution in [-0.4, -0.2) is 41.4 Å². The van der Waals surface area contributed by atoms with E-state index in [1.165, 1.54) is 116 Å². The molecule has 0 rings (SSSR count). The second-order valence-electron chi connectivity index (χ2n) is 12.4. The third-order valence-electron chi connectivity index (χ3n) is 8.21. The van der Waals surface area contributed by atoms with Crippen molar-refractivity contribution < 1.29 is 29.0 Å². The van der Waals surface area contributed by atoms with E-state index in [4.69, 9.17) is 9.84 Å². The topological polar surface area (TPSA) is 110 Å². The van der Waals surface area contributed by atoms with E-state index in [-0.39, 0.29) is 31.2 Å². The Kier molecular flexibility index (Phi) is 30.1. The zero-order valence-electron chi connectivity index (χ0n) is 28.1. The molecule has 0 spiro atoms. The zero-order valence-corrected chi connectivity index (χ0v) is 28.1. The molecule has 252 valence electrons. The maximum absolute atomic E-state index is 12.9. The first-order chi connectivity index (χ1) is 20.9. The number of esters is 1. The molecule has 0 heterocycles. The van der Waals surface area contributed by atoms with Gasteiger partial charge in [-0.3, -0.25) is 19.2 Å². The van der Waals surface area contributed by atoms with Crippen LogP contribution >= 0.6 is 0 Å². The van der Waals surface area contributed by atoms with Crippen LogP contribution in [0.25, 0.3) is 0 Å². The molecule has 0 bridgehead atoms. The van der Waals surface area contributed by atoms with Gasteiger partial charge >= 0.3 is 11.9 Å². The van der Waals surface area contributed by atoms with Crippen molar-refractivity contribution in [1.29, 1.82) is 0 Å². The molecule has 0 saturated carbocycles. The average molecular weight is 610 g/mol. The lowest BCUT2D eigenvalue weighted by atomic mass is 10.0. The Morgan fingerprint density at radius 2 is 0.884 bits per heavy atom. The molecule has 1 atom stereocenters. The summed E-state index contributed by atoms with van der Waals surface area (Å²) in [7, 11) is 0. The molecule has 1 amide bonds. The van der Waals surface area contributed by atoms with Gasteiger partial charge in [0.1, 0.15) is 12.6 Å². The molecular weight excluding hydrogens is 542 g/mol. The minimum atomic E-state index is -1.07. The molecular formula is C36H67NO6. The number of ketones is 1. The van der Waals surface area contributed by atoms with Gasteiger partial charge in [-0.25, -0.2) is 0 Å². The summed E-state index contributed by atoms with van der Waals surface area (Å²) in [6.07, 6.45) is 29.2. The summed E-state index contributed by atoms with van der Waals surface area (Å²) in [6.45, 7) is 4.29. The van der Waals surface area contributed by atoms with Crippen LogP contribution in [0.15, 0.2) is 0 Å². The van der Waals surface area contributed by atoms with Crippen molar-refractivity contribution in [3.05, 3.63) is 0 Å². The Morgan fingerprint density at radius 3 is 1.28 bits per heavy atom. The monoisotopic (exact) mass is 609 g/mol. The highest BCUT2D eigenvalue weighted by Crippen LogP contribution is 2.14. The second kappa shape index (κ2) is 31.5. The highest BCUT2D eigenvalue weighted by Gasteiger charge is 2.22. The molecule has 0 fully saturated rings. The quantitative estimate of drug-likeness (QED) is 0.0566. The van der Waals surface area contributed by atoms with Crippen LogP contribution in [0.3, 0.4) is 0 Å². The first-order valence-electron chi connectivity index (χ1n) is 18.1. The molecule has 0 aromatic carbocycles. The summed E-state index contributed by atoms with van der Waals surface area (Å²) < 4.78 is 5.37. The maximum atomic E-state index is 12.9. The van der Waals surface area contributed by atoms with Crippen molar-refractivity contribution in [3.8, 4) is 0 Å². The van der Waals surface area contributed by atoms with E-state index in [1.807, 2.05) is 0 Å². The normalized spacial score (nSPS) is 11.8. The van der Waals surface area contributed by atoms with Gasteiger partial charge in [0, 0.05) is 19.3 Å². The number of Topliss-reactive ketones (excluding diaryl/α,β-unsaturated/α-hetero) is 1. The molecule has 0 aromatic heterocycles. The van der Waals surface area contributed by atoms with E-state index < -0.39 is 17.9 Å². The third kappa shape index (κ3) is 29.9. The van der Waals surface area contributed by atoms with Crippen LogP contribution in [-0.2, 0) is 23.9 Å². The molecule has 0 aliphatic carbocycles. The van der Waals surface area contributed by atoms with Gasteiger partial charge in [0.15, 0.2) is 5.78 Å². The minimum absolute atomic E-state index is 0.158. The predicted molar refractivity (Wildman–Crippen MR) is 176 cm³/mol. The van der Waals surface area contributed by atoms with Crippen LogP contribution in [0, 0.1) is 0 Å². The summed E-state index contributed by atoms with van der Waals surface area (Å²) in [6, 6.07) is -0.917. The van der Waals surface area contributed by atoms with Gasteiger partial charge < -0.3 is 15.2 Å². The number of hydrogen-bond acceptors (Lipinski definition) is 5. The summed E-state index contributed by atoms with van der Waals surface area (Å²) in [5.74, 6) is -2.08. The van der Waals surface area contributed by atoms with Crippen molar-refractivity contribution in [2.24, 2.45) is 0 Å². The van der Waals surface area contributed by atoms with Crippen LogP contribution in [0.4, 0.5) is 0 Å². The molecule has 0 saturated heterocycles. The van der Waals surface area contributed by atoms with Crippen LogP contribution in [0.1, 0.15) is 194 Å². The number of amides is 1. The second-order valence-corrected chi connectivity index (χ2v) is 12.4. The number of nitrogens with one attached hydrogen (secondary N) is 1. The van der Waals surface area contributed by atoms with Gasteiger partial charge in [-0.1, -0.05) is 155 Å². The van der Waals surface area contributed by atoms with Gasteiger partial charge in [0.2, 0.25) is 5.91 Å². The van der Waals surface area contributed by atoms with Gasteiger partial charge in [-0.2, -0.15) is 0 Å². The highest BCUT2D eigenvalue weighted by atomic mass is 16.5. The molecule has 2 N–H and O–H groups in total. The average Bonchev–Trinajstić information content (AvgIpc) is 2.99. The number of carbonyl (C=O) groups excluding carboxylic acids is 3. The fourth-order valence-corrected chi connectivity index (χ4v) is 5.38. The number of aliphatic carboxylic acids is 1. The van der Waals surface area contributed by atoms with E-state index in [0.717, 1.165) is 38.5 Å². The van der Waals surface area contributed by atoms with Gasteiger partial charge in [-0.05, 0) is 12.8 Å². The van der Waals surface area contributed by atoms with Crippen molar-refractivity contribution in [2.45, 2.75) is 200 Å². The number of rotatable bonds is 33. The molecule has 0 aliphatic rings. The lowest BCUT2D eigenvalue weighted by Crippen LogP contribution is -2.44. The van der Waals surface area contributed by atoms with Crippen LogP contribution in [0.5, 0.6) is 0 Å². The number of carbonyl (C=O) groups is 4. The number of carboxylic acids is 1. The predicted octanol–water partition coefficient (Wildman–Crippen LogP) is 9.63. The highest BCUT2D eigenvalue weighted by molar-refractivity contribution is 5.90. The Labute approximate surface area is 264 Å². The Hall–Kier alpha value is -1.92. The fraction of sp³-hybridized carbons (Fsp3) is 0.889. The van der Waals surface area contributed by atoms with Crippen molar-refractivity contribution in [1.82, 2.24) is 5.32 Å². The molecule has 43 heavy (non-hydrogen) atoms. The summed E-state index contributed by atoms with van der Waals surface area (Å²) in [4.78, 5) is 48.2. The van der Waals surface area contributed by atoms with E-state index in [9.17, 15) is 19.2 Å². The maximum Gasteiger partial charge on any atom is 0.305 e. The number of hydrogen-bond donors (Lipinski definition) is 2. The summed E-state index contributed by atoms with van der Waals surface area (Å²) in [5.41, 5.74) is 0. The molecule has 0 aromatic rings. The van der Waals surface area contributed by atoms with Crippen LogP contribution in [0.2, 0.25) is 0 Å². The Bertz CT molecular complexity index is 695. The number of carboxylic acid groups (broad SMARTS) is 1. The van der Waals surface area contributed by atoms with Crippen molar-refractivity contribution in [2.75, 3.05) is 6.61 Å².